The molecule has 1 spiro atoms. The van der Waals surface area contributed by atoms with Gasteiger partial charge >= 0.3 is 17.6 Å². The largest absolute Gasteiger partial charge is 0.489 e. The van der Waals surface area contributed by atoms with Crippen LogP contribution < -0.4 is 9.64 Å². The first kappa shape index (κ1) is 25.9. The van der Waals surface area contributed by atoms with Gasteiger partial charge in [-0.3, -0.25) is 19.8 Å². The molecule has 4 aliphatic rings. The van der Waals surface area contributed by atoms with E-state index in [2.05, 4.69) is 20.8 Å². The number of likely N-dealkylation sites (N-methyl/N-ethyl adjacent to an activating group) is 1. The van der Waals surface area contributed by atoms with Gasteiger partial charge in [-0.1, -0.05) is 19.1 Å². The molecule has 0 radical (unpaired) electrons. The second kappa shape index (κ2) is 8.40. The molecule has 200 valence electrons. The summed E-state index contributed by atoms with van der Waals surface area (Å²) in [7, 11) is 4.15. The molecule has 0 aromatic heterocycles. The first-order chi connectivity index (χ1) is 17.5. The van der Waals surface area contributed by atoms with E-state index < -0.39 is 45.4 Å². The van der Waals surface area contributed by atoms with Crippen molar-refractivity contribution in [2.45, 2.75) is 55.9 Å². The molecule has 1 aliphatic carbocycles. The molecule has 1 aromatic carbocycles. The highest BCUT2D eigenvalue weighted by molar-refractivity contribution is 9.10. The lowest BCUT2D eigenvalue weighted by Crippen LogP contribution is -2.81. The van der Waals surface area contributed by atoms with E-state index in [1.807, 2.05) is 25.1 Å². The lowest BCUT2D eigenvalue weighted by molar-refractivity contribution is -0.385. The molecule has 1 saturated heterocycles. The van der Waals surface area contributed by atoms with Gasteiger partial charge in [0.25, 0.3) is 0 Å². The number of nitro groups is 1. The third-order valence-corrected chi connectivity index (χ3v) is 9.54. The van der Waals surface area contributed by atoms with Gasteiger partial charge in [0.05, 0.1) is 29.7 Å². The number of fused-ring (bicyclic) bond motifs is 1. The summed E-state index contributed by atoms with van der Waals surface area (Å²) < 4.78 is 16.8. The summed E-state index contributed by atoms with van der Waals surface area (Å²) in [6.07, 6.45) is 3.58. The summed E-state index contributed by atoms with van der Waals surface area (Å²) in [6, 6.07) is 0.465. The zero-order valence-electron chi connectivity index (χ0n) is 21.3. The van der Waals surface area contributed by atoms with Crippen molar-refractivity contribution in [2.75, 3.05) is 39.3 Å². The van der Waals surface area contributed by atoms with Gasteiger partial charge in [-0.05, 0) is 46.9 Å². The van der Waals surface area contributed by atoms with Crippen LogP contribution in [0.3, 0.4) is 0 Å². The minimum atomic E-state index is -2.34. The maximum Gasteiger partial charge on any atom is 0.344 e. The number of nitrogens with zero attached hydrogens (tertiary/aromatic N) is 3. The van der Waals surface area contributed by atoms with Crippen LogP contribution in [0.4, 0.5) is 11.4 Å². The van der Waals surface area contributed by atoms with Crippen molar-refractivity contribution < 1.29 is 33.8 Å². The summed E-state index contributed by atoms with van der Waals surface area (Å²) in [5.41, 5.74) is -3.59. The average molecular weight is 580 g/mol. The van der Waals surface area contributed by atoms with Crippen LogP contribution in [0.15, 0.2) is 22.7 Å². The molecule has 6 atom stereocenters. The summed E-state index contributed by atoms with van der Waals surface area (Å²) in [5.74, 6) is -1.56. The number of aliphatic hydroxyl groups is 1. The molecule has 37 heavy (non-hydrogen) atoms. The van der Waals surface area contributed by atoms with E-state index in [9.17, 15) is 24.8 Å². The van der Waals surface area contributed by atoms with Crippen LogP contribution in [-0.4, -0.2) is 85.0 Å². The Kier molecular flexibility index (Phi) is 5.89. The van der Waals surface area contributed by atoms with Crippen molar-refractivity contribution in [3.05, 3.63) is 38.4 Å². The Balaban J connectivity index is 1.94. The highest BCUT2D eigenvalue weighted by Crippen LogP contribution is 2.69. The monoisotopic (exact) mass is 579 g/mol. The van der Waals surface area contributed by atoms with E-state index in [1.165, 1.54) is 21.1 Å². The maximum absolute atomic E-state index is 13.6. The molecule has 1 saturated carbocycles. The summed E-state index contributed by atoms with van der Waals surface area (Å²) >= 11 is 3.47. The molecule has 1 aromatic rings. The third kappa shape index (κ3) is 2.94. The molecular formula is C25H30BrN3O8. The normalized spacial score (nSPS) is 35.4. The van der Waals surface area contributed by atoms with E-state index in [1.54, 1.807) is 11.9 Å². The average Bonchev–Trinajstić information content (AvgIpc) is 3.36. The Bertz CT molecular complexity index is 1240. The van der Waals surface area contributed by atoms with Gasteiger partial charge in [0, 0.05) is 37.4 Å². The van der Waals surface area contributed by atoms with Crippen LogP contribution in [0.2, 0.25) is 0 Å². The van der Waals surface area contributed by atoms with Crippen molar-refractivity contribution in [1.82, 2.24) is 4.90 Å². The molecule has 5 rings (SSSR count). The van der Waals surface area contributed by atoms with Crippen LogP contribution in [-0.2, 0) is 24.5 Å². The Labute approximate surface area is 222 Å². The number of carbonyl (C=O) groups is 2. The molecule has 0 bridgehead atoms. The number of nitro benzene ring substituents is 1. The van der Waals surface area contributed by atoms with E-state index in [0.717, 1.165) is 0 Å². The Morgan fingerprint density at radius 2 is 2.03 bits per heavy atom. The molecule has 0 unspecified atom stereocenters. The smallest absolute Gasteiger partial charge is 0.344 e. The van der Waals surface area contributed by atoms with Crippen LogP contribution >= 0.6 is 15.9 Å². The zero-order chi connectivity index (χ0) is 27.1. The van der Waals surface area contributed by atoms with Gasteiger partial charge in [-0.25, -0.2) is 4.79 Å². The number of hydrogen-bond acceptors (Lipinski definition) is 10. The molecular weight excluding hydrogens is 550 g/mol. The minimum absolute atomic E-state index is 0.0453. The van der Waals surface area contributed by atoms with Crippen molar-refractivity contribution in [3.8, 4) is 5.75 Å². The highest BCUT2D eigenvalue weighted by atomic mass is 79.9. The van der Waals surface area contributed by atoms with E-state index in [-0.39, 0.29) is 23.2 Å². The number of esters is 2. The second-order valence-electron chi connectivity index (χ2n) is 10.3. The number of anilines is 1. The van der Waals surface area contributed by atoms with E-state index in [0.29, 0.717) is 36.0 Å². The Morgan fingerprint density at radius 3 is 2.59 bits per heavy atom. The molecule has 2 fully saturated rings. The van der Waals surface area contributed by atoms with E-state index >= 15 is 0 Å². The maximum atomic E-state index is 13.6. The molecule has 3 heterocycles. The van der Waals surface area contributed by atoms with Crippen LogP contribution in [0.1, 0.15) is 32.3 Å². The lowest BCUT2D eigenvalue weighted by Gasteiger charge is -2.63. The first-order valence-corrected chi connectivity index (χ1v) is 12.9. The second-order valence-corrected chi connectivity index (χ2v) is 11.1. The summed E-state index contributed by atoms with van der Waals surface area (Å²) in [6.45, 7) is 4.42. The number of ether oxygens (including phenoxy) is 3. The first-order valence-electron chi connectivity index (χ1n) is 12.1. The molecule has 11 nitrogen and oxygen atoms in total. The Morgan fingerprint density at radius 1 is 1.32 bits per heavy atom. The lowest BCUT2D eigenvalue weighted by atomic mass is 9.47. The van der Waals surface area contributed by atoms with Crippen LogP contribution in [0.25, 0.3) is 0 Å². The molecule has 1 N–H and O–H groups in total. The van der Waals surface area contributed by atoms with Crippen LogP contribution in [0, 0.1) is 15.5 Å². The van der Waals surface area contributed by atoms with Gasteiger partial charge < -0.3 is 24.2 Å². The summed E-state index contributed by atoms with van der Waals surface area (Å²) in [5, 5.41) is 25.0. The fraction of sp³-hybridized carbons (Fsp3) is 0.600. The quantitative estimate of drug-likeness (QED) is 0.240. The standard InChI is InChI=1S/C25H30BrN3O8/c1-6-23-8-7-10-28-11-9-24(19(23)28)14-12-15(26)18(35-4)17(29(33)34)16(14)27(3)20(24)25(32,22(31)36-5)21(23)37-13(2)30/h7-8,12,19-21,32H,6,9-11H2,1-5H3/t19-,20+,21+,23+,24+,25-/m0/s1. The van der Waals surface area contributed by atoms with E-state index in [4.69, 9.17) is 14.2 Å². The molecule has 3 aliphatic heterocycles. The predicted octanol–water partition coefficient (Wildman–Crippen LogP) is 2.31. The number of halogens is 1. The molecule has 12 heteroatoms. The predicted molar refractivity (Wildman–Crippen MR) is 136 cm³/mol. The fourth-order valence-electron chi connectivity index (χ4n) is 8.03. The number of benzene rings is 1. The Hall–Kier alpha value is -2.70. The van der Waals surface area contributed by atoms with Crippen molar-refractivity contribution >= 4 is 39.2 Å². The minimum Gasteiger partial charge on any atom is -0.489 e. The van der Waals surface area contributed by atoms with Gasteiger partial charge in [0.2, 0.25) is 11.4 Å². The van der Waals surface area contributed by atoms with Gasteiger partial charge in [0.15, 0.2) is 6.10 Å². The van der Waals surface area contributed by atoms with Gasteiger partial charge in [0.1, 0.15) is 5.69 Å². The topological polar surface area (TPSA) is 132 Å². The SMILES string of the molecule is CC[C@]12C=CCN3CC[C@@]4(c5cc(Br)c(OC)c([N+](=O)[O-])c5N(C)[C@H]4[C@@](O)(C(=O)OC)[C@@H]1OC(C)=O)[C@@H]32. The fourth-order valence-corrected chi connectivity index (χ4v) is 8.60. The number of rotatable bonds is 5. The third-order valence-electron chi connectivity index (χ3n) is 8.95. The number of hydrogen-bond donors (Lipinski definition) is 1. The number of methoxy groups -OCH3 is 2. The number of carbonyl (C=O) groups excluding carboxylic acids is 2. The zero-order valence-corrected chi connectivity index (χ0v) is 22.9. The van der Waals surface area contributed by atoms with Gasteiger partial charge in [-0.2, -0.15) is 0 Å². The van der Waals surface area contributed by atoms with Gasteiger partial charge in [-0.15, -0.1) is 0 Å². The highest BCUT2D eigenvalue weighted by Gasteiger charge is 2.80. The van der Waals surface area contributed by atoms with Crippen molar-refractivity contribution in [3.63, 3.8) is 0 Å². The summed E-state index contributed by atoms with van der Waals surface area (Å²) in [4.78, 5) is 41.9. The van der Waals surface area contributed by atoms with Crippen LogP contribution in [0.5, 0.6) is 5.75 Å². The molecule has 0 amide bonds. The van der Waals surface area contributed by atoms with Crippen molar-refractivity contribution in [2.24, 2.45) is 5.41 Å². The van der Waals surface area contributed by atoms with Crippen molar-refractivity contribution in [1.29, 1.82) is 0 Å².